The van der Waals surface area contributed by atoms with Gasteiger partial charge < -0.3 is 20.7 Å². The topological polar surface area (TPSA) is 87.9 Å². The maximum absolute atomic E-state index is 14.7. The number of ether oxygens (including phenoxy) is 1. The number of nitrogens with zero attached hydrogens (tertiary/aromatic N) is 2. The van der Waals surface area contributed by atoms with Gasteiger partial charge in [0, 0.05) is 31.4 Å². The van der Waals surface area contributed by atoms with Crippen LogP contribution in [0.4, 0.5) is 15.8 Å². The van der Waals surface area contributed by atoms with E-state index >= 15 is 0 Å². The highest BCUT2D eigenvalue weighted by Crippen LogP contribution is 2.30. The Balaban J connectivity index is 1.72. The maximum Gasteiger partial charge on any atom is 0.253 e. The first kappa shape index (κ1) is 22.7. The molecule has 2 amide bonds. The van der Waals surface area contributed by atoms with Crippen LogP contribution in [0.15, 0.2) is 18.2 Å². The summed E-state index contributed by atoms with van der Waals surface area (Å²) in [6, 6.07) is 4.27. The van der Waals surface area contributed by atoms with E-state index in [1.165, 1.54) is 17.0 Å². The van der Waals surface area contributed by atoms with E-state index in [-0.39, 0.29) is 36.1 Å². The lowest BCUT2D eigenvalue weighted by Gasteiger charge is -2.44. The number of anilines is 2. The molecule has 1 aliphatic carbocycles. The van der Waals surface area contributed by atoms with Gasteiger partial charge in [0.05, 0.1) is 12.3 Å². The summed E-state index contributed by atoms with van der Waals surface area (Å²) in [5.74, 6) is -1.07. The van der Waals surface area contributed by atoms with E-state index in [9.17, 15) is 14.0 Å². The molecule has 7 nitrogen and oxygen atoms in total. The van der Waals surface area contributed by atoms with Gasteiger partial charge in [-0.3, -0.25) is 14.5 Å². The predicted molar refractivity (Wildman–Crippen MR) is 115 cm³/mol. The van der Waals surface area contributed by atoms with Crippen LogP contribution in [0.2, 0.25) is 0 Å². The van der Waals surface area contributed by atoms with Gasteiger partial charge in [0.15, 0.2) is 0 Å². The predicted octanol–water partition coefficient (Wildman–Crippen LogP) is 2.36. The molecule has 1 aliphatic heterocycles. The number of carbonyl (C=O) groups is 2. The normalized spacial score (nSPS) is 19.0. The standard InChI is InChI=1S/C22H33FN4O3/c1-22(2,3)14-27(16-5-4-6-16)19(12-24)21(29)25-15-7-8-18(17(23)11-15)26-9-10-30-13-20(26)28/h7-8,11,16,19H,4-6,9-10,12-14,24H2,1-3H3,(H,25,29)/t19-/m0/s1. The van der Waals surface area contributed by atoms with E-state index in [0.29, 0.717) is 24.9 Å². The average molecular weight is 421 g/mol. The van der Waals surface area contributed by atoms with Gasteiger partial charge in [-0.1, -0.05) is 27.2 Å². The fraction of sp³-hybridized carbons (Fsp3) is 0.636. The van der Waals surface area contributed by atoms with Crippen molar-refractivity contribution >= 4 is 23.2 Å². The van der Waals surface area contributed by atoms with Crippen LogP contribution in [0.3, 0.4) is 0 Å². The molecule has 1 aromatic carbocycles. The monoisotopic (exact) mass is 420 g/mol. The molecule has 3 rings (SSSR count). The van der Waals surface area contributed by atoms with Crippen LogP contribution in [0.1, 0.15) is 40.0 Å². The van der Waals surface area contributed by atoms with Crippen molar-refractivity contribution in [2.75, 3.05) is 43.1 Å². The van der Waals surface area contributed by atoms with Crippen LogP contribution in [-0.2, 0) is 14.3 Å². The second-order valence-electron chi connectivity index (χ2n) is 9.32. The third kappa shape index (κ3) is 5.36. The number of halogens is 1. The van der Waals surface area contributed by atoms with Gasteiger partial charge in [-0.2, -0.15) is 0 Å². The van der Waals surface area contributed by atoms with Crippen LogP contribution in [0.5, 0.6) is 0 Å². The van der Waals surface area contributed by atoms with Gasteiger partial charge in [-0.25, -0.2) is 4.39 Å². The molecular formula is C22H33FN4O3. The number of nitrogens with two attached hydrogens (primary N) is 1. The van der Waals surface area contributed by atoms with Gasteiger partial charge in [0.25, 0.3) is 5.91 Å². The Morgan fingerprint density at radius 2 is 2.13 bits per heavy atom. The lowest BCUT2D eigenvalue weighted by molar-refractivity contribution is -0.126. The number of rotatable bonds is 7. The Morgan fingerprint density at radius 1 is 1.40 bits per heavy atom. The van der Waals surface area contributed by atoms with E-state index in [1.54, 1.807) is 6.07 Å². The van der Waals surface area contributed by atoms with Gasteiger partial charge in [-0.05, 0) is 36.5 Å². The summed E-state index contributed by atoms with van der Waals surface area (Å²) >= 11 is 0. The first-order chi connectivity index (χ1) is 14.2. The molecule has 1 atom stereocenters. The van der Waals surface area contributed by atoms with Crippen molar-refractivity contribution in [2.24, 2.45) is 11.1 Å². The van der Waals surface area contributed by atoms with Crippen molar-refractivity contribution in [1.82, 2.24) is 4.90 Å². The zero-order valence-corrected chi connectivity index (χ0v) is 18.1. The van der Waals surface area contributed by atoms with E-state index < -0.39 is 11.9 Å². The molecule has 0 aromatic heterocycles. The van der Waals surface area contributed by atoms with Crippen LogP contribution < -0.4 is 16.0 Å². The number of benzene rings is 1. The minimum atomic E-state index is -0.558. The Labute approximate surface area is 177 Å². The van der Waals surface area contributed by atoms with Crippen molar-refractivity contribution in [3.05, 3.63) is 24.0 Å². The molecule has 1 aromatic rings. The molecule has 2 aliphatic rings. The number of morpholine rings is 1. The summed E-state index contributed by atoms with van der Waals surface area (Å²) < 4.78 is 19.8. The van der Waals surface area contributed by atoms with Crippen molar-refractivity contribution in [3.8, 4) is 0 Å². The van der Waals surface area contributed by atoms with Crippen molar-refractivity contribution in [2.45, 2.75) is 52.1 Å². The highest BCUT2D eigenvalue weighted by atomic mass is 19.1. The number of amides is 2. The Hall–Kier alpha value is -2.03. The number of carbonyl (C=O) groups excluding carboxylic acids is 2. The molecule has 0 radical (unpaired) electrons. The fourth-order valence-corrected chi connectivity index (χ4v) is 3.95. The molecule has 0 bridgehead atoms. The summed E-state index contributed by atoms with van der Waals surface area (Å²) in [5.41, 5.74) is 6.57. The molecular weight excluding hydrogens is 387 g/mol. The Morgan fingerprint density at radius 3 is 2.67 bits per heavy atom. The highest BCUT2D eigenvalue weighted by Gasteiger charge is 2.36. The molecule has 0 spiro atoms. The third-order valence-electron chi connectivity index (χ3n) is 5.62. The fourth-order valence-electron chi connectivity index (χ4n) is 3.95. The number of hydrogen-bond donors (Lipinski definition) is 2. The quantitative estimate of drug-likeness (QED) is 0.707. The number of hydrogen-bond acceptors (Lipinski definition) is 5. The molecule has 1 heterocycles. The molecule has 8 heteroatoms. The molecule has 0 unspecified atom stereocenters. The molecule has 2 fully saturated rings. The number of nitrogens with one attached hydrogen (secondary N) is 1. The average Bonchev–Trinajstić information content (AvgIpc) is 2.60. The van der Waals surface area contributed by atoms with Crippen LogP contribution in [0.25, 0.3) is 0 Å². The lowest BCUT2D eigenvalue weighted by Crippen LogP contribution is -2.57. The maximum atomic E-state index is 14.7. The molecule has 166 valence electrons. The second-order valence-corrected chi connectivity index (χ2v) is 9.32. The Bertz CT molecular complexity index is 776. The summed E-state index contributed by atoms with van der Waals surface area (Å²) in [6.45, 7) is 8.01. The molecule has 1 saturated carbocycles. The van der Waals surface area contributed by atoms with Crippen LogP contribution in [-0.4, -0.2) is 61.6 Å². The van der Waals surface area contributed by atoms with E-state index in [1.807, 2.05) is 0 Å². The van der Waals surface area contributed by atoms with Gasteiger partial charge in [0.2, 0.25) is 5.91 Å². The van der Waals surface area contributed by atoms with Crippen LogP contribution >= 0.6 is 0 Å². The van der Waals surface area contributed by atoms with Gasteiger partial charge in [0.1, 0.15) is 18.5 Å². The van der Waals surface area contributed by atoms with Gasteiger partial charge in [-0.15, -0.1) is 0 Å². The molecule has 3 N–H and O–H groups in total. The van der Waals surface area contributed by atoms with Crippen molar-refractivity contribution in [1.29, 1.82) is 0 Å². The lowest BCUT2D eigenvalue weighted by atomic mass is 9.86. The largest absolute Gasteiger partial charge is 0.370 e. The summed E-state index contributed by atoms with van der Waals surface area (Å²) in [7, 11) is 0. The highest BCUT2D eigenvalue weighted by molar-refractivity contribution is 5.97. The van der Waals surface area contributed by atoms with Crippen molar-refractivity contribution < 1.29 is 18.7 Å². The summed E-state index contributed by atoms with van der Waals surface area (Å²) in [5, 5.41) is 2.82. The van der Waals surface area contributed by atoms with Crippen molar-refractivity contribution in [3.63, 3.8) is 0 Å². The van der Waals surface area contributed by atoms with E-state index in [0.717, 1.165) is 25.8 Å². The van der Waals surface area contributed by atoms with E-state index in [2.05, 4.69) is 31.0 Å². The zero-order chi connectivity index (χ0) is 21.9. The minimum Gasteiger partial charge on any atom is -0.370 e. The van der Waals surface area contributed by atoms with Gasteiger partial charge >= 0.3 is 0 Å². The third-order valence-corrected chi connectivity index (χ3v) is 5.62. The zero-order valence-electron chi connectivity index (χ0n) is 18.1. The van der Waals surface area contributed by atoms with Crippen LogP contribution in [0, 0.1) is 11.2 Å². The summed E-state index contributed by atoms with van der Waals surface area (Å²) in [6.07, 6.45) is 3.30. The molecule has 30 heavy (non-hydrogen) atoms. The smallest absolute Gasteiger partial charge is 0.253 e. The second kappa shape index (κ2) is 9.41. The van der Waals surface area contributed by atoms with E-state index in [4.69, 9.17) is 10.5 Å². The first-order valence-electron chi connectivity index (χ1n) is 10.6. The first-order valence-corrected chi connectivity index (χ1v) is 10.6. The SMILES string of the molecule is CC(C)(C)CN(C1CCC1)[C@@H](CN)C(=O)Nc1ccc(N2CCOCC2=O)c(F)c1. The minimum absolute atomic E-state index is 0.0295. The Kier molecular flexibility index (Phi) is 7.10. The summed E-state index contributed by atoms with van der Waals surface area (Å²) in [4.78, 5) is 28.6. The molecule has 1 saturated heterocycles.